The normalized spacial score (nSPS) is 13.9. The van der Waals surface area contributed by atoms with Gasteiger partial charge in [0.25, 0.3) is 0 Å². The largest absolute Gasteiger partial charge is 0.361 e. The van der Waals surface area contributed by atoms with Crippen LogP contribution in [0.4, 0.5) is 0 Å². The van der Waals surface area contributed by atoms with Gasteiger partial charge in [-0.1, -0.05) is 18.2 Å². The van der Waals surface area contributed by atoms with E-state index in [9.17, 15) is 0 Å². The summed E-state index contributed by atoms with van der Waals surface area (Å²) in [5.41, 5.74) is 5.31. The lowest BCUT2D eigenvalue weighted by Crippen LogP contribution is -1.97. The number of para-hydroxylation sites is 1. The van der Waals surface area contributed by atoms with Gasteiger partial charge in [0.15, 0.2) is 0 Å². The minimum atomic E-state index is 0.445. The van der Waals surface area contributed by atoms with Gasteiger partial charge in [-0.2, -0.15) is 20.0 Å². The molecule has 7 nitrogen and oxygen atoms in total. The summed E-state index contributed by atoms with van der Waals surface area (Å²) in [7, 11) is 0. The Balaban J connectivity index is 1.59. The molecule has 25 heavy (non-hydrogen) atoms. The highest BCUT2D eigenvalue weighted by atomic mass is 32.1. The Bertz CT molecular complexity index is 1160. The molecule has 1 aliphatic rings. The van der Waals surface area contributed by atoms with E-state index in [-0.39, 0.29) is 0 Å². The van der Waals surface area contributed by atoms with E-state index in [0.717, 1.165) is 41.4 Å². The molecule has 1 aliphatic carbocycles. The summed E-state index contributed by atoms with van der Waals surface area (Å²) < 4.78 is 2.08. The lowest BCUT2D eigenvalue weighted by Gasteiger charge is -1.99. The summed E-state index contributed by atoms with van der Waals surface area (Å²) in [5, 5.41) is 20.4. The lowest BCUT2D eigenvalue weighted by atomic mass is 10.2. The third-order valence-electron chi connectivity index (χ3n) is 4.60. The van der Waals surface area contributed by atoms with E-state index >= 15 is 0 Å². The van der Waals surface area contributed by atoms with Crippen LogP contribution in [0.3, 0.4) is 0 Å². The first-order valence-electron chi connectivity index (χ1n) is 8.15. The molecule has 0 spiro atoms. The molecule has 124 valence electrons. The number of nitrogens with one attached hydrogen (secondary N) is 3. The molecular formula is C17H15N7S. The van der Waals surface area contributed by atoms with Gasteiger partial charge >= 0.3 is 0 Å². The van der Waals surface area contributed by atoms with Crippen LogP contribution in [0.1, 0.15) is 23.2 Å². The van der Waals surface area contributed by atoms with E-state index in [1.54, 1.807) is 10.9 Å². The Labute approximate surface area is 147 Å². The number of benzene rings is 1. The first-order valence-corrected chi connectivity index (χ1v) is 8.56. The molecule has 0 saturated carbocycles. The van der Waals surface area contributed by atoms with Gasteiger partial charge in [0.2, 0.25) is 10.6 Å². The standard InChI is InChI=1S/C17H15N7S/c25-17-23-22-16(15-12-5-3-7-14(12)20-21-15)24(17)19-9-10-8-18-13-6-2-1-4-11(10)13/h1-2,4,6,8-9,18H,3,5,7H2,(H,20,21)(H,23,25)/b19-9-. The molecule has 0 amide bonds. The van der Waals surface area contributed by atoms with Crippen molar-refractivity contribution >= 4 is 29.3 Å². The minimum Gasteiger partial charge on any atom is -0.361 e. The highest BCUT2D eigenvalue weighted by Crippen LogP contribution is 2.29. The van der Waals surface area contributed by atoms with Crippen LogP contribution in [-0.2, 0) is 12.8 Å². The highest BCUT2D eigenvalue weighted by molar-refractivity contribution is 7.71. The van der Waals surface area contributed by atoms with E-state index in [1.807, 2.05) is 24.4 Å². The number of H-pyrrole nitrogens is 3. The summed E-state index contributed by atoms with van der Waals surface area (Å²) >= 11 is 5.35. The maximum atomic E-state index is 5.35. The van der Waals surface area contributed by atoms with Crippen molar-refractivity contribution in [2.75, 3.05) is 0 Å². The Hall–Kier alpha value is -3.00. The molecule has 5 rings (SSSR count). The molecule has 0 aliphatic heterocycles. The third-order valence-corrected chi connectivity index (χ3v) is 4.87. The summed E-state index contributed by atoms with van der Waals surface area (Å²) in [6.45, 7) is 0. The van der Waals surface area contributed by atoms with Crippen LogP contribution in [0.2, 0.25) is 0 Å². The summed E-state index contributed by atoms with van der Waals surface area (Å²) in [5.74, 6) is 0.639. The van der Waals surface area contributed by atoms with Gasteiger partial charge in [0.05, 0.1) is 6.21 Å². The van der Waals surface area contributed by atoms with Crippen molar-refractivity contribution in [3.8, 4) is 11.5 Å². The number of aromatic nitrogens is 6. The average Bonchev–Trinajstić information content (AvgIpc) is 3.37. The fourth-order valence-electron chi connectivity index (χ4n) is 3.38. The van der Waals surface area contributed by atoms with Gasteiger partial charge in [-0.25, -0.2) is 5.10 Å². The number of nitrogens with zero attached hydrogens (tertiary/aromatic N) is 4. The predicted octanol–water partition coefficient (Wildman–Crippen LogP) is 3.18. The fraction of sp³-hybridized carbons (Fsp3) is 0.176. The van der Waals surface area contributed by atoms with E-state index in [1.165, 1.54) is 11.3 Å². The zero-order valence-electron chi connectivity index (χ0n) is 13.3. The van der Waals surface area contributed by atoms with Gasteiger partial charge in [-0.05, 0) is 37.5 Å². The van der Waals surface area contributed by atoms with E-state index in [4.69, 9.17) is 12.2 Å². The number of aromatic amines is 3. The van der Waals surface area contributed by atoms with Gasteiger partial charge in [-0.3, -0.25) is 5.10 Å². The predicted molar refractivity (Wildman–Crippen MR) is 98.3 cm³/mol. The second-order valence-electron chi connectivity index (χ2n) is 6.08. The summed E-state index contributed by atoms with van der Waals surface area (Å²) in [6, 6.07) is 8.11. The molecule has 3 N–H and O–H groups in total. The first-order chi connectivity index (χ1) is 12.3. The number of fused-ring (bicyclic) bond motifs is 2. The zero-order chi connectivity index (χ0) is 16.8. The smallest absolute Gasteiger partial charge is 0.216 e. The number of rotatable bonds is 3. The molecule has 0 saturated heterocycles. The molecule has 3 heterocycles. The minimum absolute atomic E-state index is 0.445. The zero-order valence-corrected chi connectivity index (χ0v) is 14.1. The summed E-state index contributed by atoms with van der Waals surface area (Å²) in [6.07, 6.45) is 6.91. The van der Waals surface area contributed by atoms with E-state index in [0.29, 0.717) is 10.6 Å². The Morgan fingerprint density at radius 2 is 2.08 bits per heavy atom. The van der Waals surface area contributed by atoms with Crippen molar-refractivity contribution in [1.82, 2.24) is 30.1 Å². The lowest BCUT2D eigenvalue weighted by molar-refractivity contribution is 0.844. The molecule has 8 heteroatoms. The quantitative estimate of drug-likeness (QED) is 0.392. The second kappa shape index (κ2) is 5.52. The Morgan fingerprint density at radius 1 is 1.16 bits per heavy atom. The van der Waals surface area contributed by atoms with Gasteiger partial charge in [-0.15, -0.1) is 0 Å². The van der Waals surface area contributed by atoms with Crippen LogP contribution in [-0.4, -0.2) is 36.3 Å². The van der Waals surface area contributed by atoms with Crippen molar-refractivity contribution < 1.29 is 0 Å². The fourth-order valence-corrected chi connectivity index (χ4v) is 3.56. The van der Waals surface area contributed by atoms with Crippen molar-refractivity contribution in [2.45, 2.75) is 19.3 Å². The molecule has 0 fully saturated rings. The molecule has 0 atom stereocenters. The van der Waals surface area contributed by atoms with E-state index in [2.05, 4.69) is 36.5 Å². The Morgan fingerprint density at radius 3 is 3.04 bits per heavy atom. The van der Waals surface area contributed by atoms with Crippen LogP contribution < -0.4 is 0 Å². The molecule has 0 bridgehead atoms. The first kappa shape index (κ1) is 14.4. The maximum absolute atomic E-state index is 5.35. The van der Waals surface area contributed by atoms with Crippen LogP contribution in [0.15, 0.2) is 35.6 Å². The topological polar surface area (TPSA) is 90.4 Å². The SMILES string of the molecule is S=c1[nH]nc(-c2n[nH]c3c2CCC3)n1/N=C\c1c[nH]c2ccccc12. The second-order valence-corrected chi connectivity index (χ2v) is 6.47. The molecule has 0 unspecified atom stereocenters. The van der Waals surface area contributed by atoms with E-state index < -0.39 is 0 Å². The van der Waals surface area contributed by atoms with Gasteiger partial charge in [0.1, 0.15) is 5.69 Å². The van der Waals surface area contributed by atoms with Crippen LogP contribution in [0, 0.1) is 4.77 Å². The van der Waals surface area contributed by atoms with Crippen molar-refractivity contribution in [2.24, 2.45) is 5.10 Å². The van der Waals surface area contributed by atoms with Crippen LogP contribution >= 0.6 is 12.2 Å². The summed E-state index contributed by atoms with van der Waals surface area (Å²) in [4.78, 5) is 3.24. The van der Waals surface area contributed by atoms with Crippen molar-refractivity contribution in [1.29, 1.82) is 0 Å². The molecule has 1 aromatic carbocycles. The third kappa shape index (κ3) is 2.25. The molecule has 4 aromatic rings. The molecule has 0 radical (unpaired) electrons. The van der Waals surface area contributed by atoms with Crippen LogP contribution in [0.5, 0.6) is 0 Å². The van der Waals surface area contributed by atoms with Crippen molar-refractivity contribution in [3.63, 3.8) is 0 Å². The number of hydrogen-bond donors (Lipinski definition) is 3. The maximum Gasteiger partial charge on any atom is 0.216 e. The average molecular weight is 349 g/mol. The monoisotopic (exact) mass is 349 g/mol. The molecular weight excluding hydrogens is 334 g/mol. The van der Waals surface area contributed by atoms with Gasteiger partial charge < -0.3 is 4.98 Å². The molecule has 3 aromatic heterocycles. The van der Waals surface area contributed by atoms with Crippen LogP contribution in [0.25, 0.3) is 22.4 Å². The highest BCUT2D eigenvalue weighted by Gasteiger charge is 2.23. The number of hydrogen-bond acceptors (Lipinski definition) is 4. The van der Waals surface area contributed by atoms with Crippen molar-refractivity contribution in [3.05, 3.63) is 52.1 Å². The Kier molecular flexibility index (Phi) is 3.17. The van der Waals surface area contributed by atoms with Gasteiger partial charge in [0, 0.05) is 33.9 Å². The number of aryl methyl sites for hydroxylation is 1.